The van der Waals surface area contributed by atoms with Crippen molar-refractivity contribution in [2.75, 3.05) is 5.73 Å². The Morgan fingerprint density at radius 1 is 1.60 bits per heavy atom. The van der Waals surface area contributed by atoms with E-state index >= 15 is 0 Å². The van der Waals surface area contributed by atoms with Crippen LogP contribution in [0.25, 0.3) is 0 Å². The first-order chi connectivity index (χ1) is 6.97. The Labute approximate surface area is 85.1 Å². The van der Waals surface area contributed by atoms with Gasteiger partial charge in [0.1, 0.15) is 6.07 Å². The number of nitrogens with zero attached hydrogens (tertiary/aromatic N) is 2. The van der Waals surface area contributed by atoms with Gasteiger partial charge < -0.3 is 5.73 Å². The molecule has 15 heavy (non-hydrogen) atoms. The SMILES string of the molecule is CC(=O)c1cc(C#N)c(N)cc1[N+](=O)[O-]. The van der Waals surface area contributed by atoms with Crippen LogP contribution in [0.1, 0.15) is 22.8 Å². The fraction of sp³-hybridized carbons (Fsp3) is 0.111. The van der Waals surface area contributed by atoms with Gasteiger partial charge in [0.2, 0.25) is 0 Å². The Hall–Kier alpha value is -2.42. The van der Waals surface area contributed by atoms with Crippen LogP contribution >= 0.6 is 0 Å². The predicted molar refractivity (Wildman–Crippen MR) is 52.2 cm³/mol. The van der Waals surface area contributed by atoms with Crippen LogP contribution in [0.3, 0.4) is 0 Å². The van der Waals surface area contributed by atoms with E-state index in [-0.39, 0.29) is 22.5 Å². The third-order valence-electron chi connectivity index (χ3n) is 1.86. The van der Waals surface area contributed by atoms with E-state index in [0.717, 1.165) is 12.1 Å². The van der Waals surface area contributed by atoms with Crippen molar-refractivity contribution in [1.82, 2.24) is 0 Å². The van der Waals surface area contributed by atoms with Crippen molar-refractivity contribution >= 4 is 17.2 Å². The maximum absolute atomic E-state index is 11.1. The highest BCUT2D eigenvalue weighted by Gasteiger charge is 2.19. The van der Waals surface area contributed by atoms with Gasteiger partial charge in [-0.15, -0.1) is 0 Å². The first-order valence-electron chi connectivity index (χ1n) is 3.96. The summed E-state index contributed by atoms with van der Waals surface area (Å²) in [6.07, 6.45) is 0. The molecular formula is C9H7N3O3. The Morgan fingerprint density at radius 2 is 2.20 bits per heavy atom. The summed E-state index contributed by atoms with van der Waals surface area (Å²) < 4.78 is 0. The lowest BCUT2D eigenvalue weighted by Crippen LogP contribution is -2.03. The number of hydrogen-bond acceptors (Lipinski definition) is 5. The molecule has 0 saturated carbocycles. The monoisotopic (exact) mass is 205 g/mol. The van der Waals surface area contributed by atoms with Crippen LogP contribution < -0.4 is 5.73 Å². The molecule has 0 aliphatic carbocycles. The van der Waals surface area contributed by atoms with Gasteiger partial charge in [-0.1, -0.05) is 0 Å². The van der Waals surface area contributed by atoms with Crippen molar-refractivity contribution in [2.24, 2.45) is 0 Å². The van der Waals surface area contributed by atoms with E-state index in [9.17, 15) is 14.9 Å². The maximum Gasteiger partial charge on any atom is 0.282 e. The van der Waals surface area contributed by atoms with Gasteiger partial charge in [0.15, 0.2) is 5.78 Å². The van der Waals surface area contributed by atoms with Gasteiger partial charge in [0.05, 0.1) is 21.7 Å². The summed E-state index contributed by atoms with van der Waals surface area (Å²) in [5, 5.41) is 19.2. The number of rotatable bonds is 2. The smallest absolute Gasteiger partial charge is 0.282 e. The number of carbonyl (C=O) groups excluding carboxylic acids is 1. The van der Waals surface area contributed by atoms with Crippen molar-refractivity contribution < 1.29 is 9.72 Å². The molecule has 1 aromatic rings. The average molecular weight is 205 g/mol. The largest absolute Gasteiger partial charge is 0.397 e. The number of nitro benzene ring substituents is 1. The van der Waals surface area contributed by atoms with Crippen LogP contribution in [0.15, 0.2) is 12.1 Å². The highest BCUT2D eigenvalue weighted by atomic mass is 16.6. The number of nitrogens with two attached hydrogens (primary N) is 1. The van der Waals surface area contributed by atoms with Gasteiger partial charge in [-0.05, 0) is 13.0 Å². The number of carbonyl (C=O) groups is 1. The van der Waals surface area contributed by atoms with E-state index in [1.807, 2.05) is 0 Å². The summed E-state index contributed by atoms with van der Waals surface area (Å²) >= 11 is 0. The average Bonchev–Trinajstić information content (AvgIpc) is 2.16. The molecule has 6 nitrogen and oxygen atoms in total. The molecule has 0 radical (unpaired) electrons. The van der Waals surface area contributed by atoms with E-state index < -0.39 is 10.7 Å². The summed E-state index contributed by atoms with van der Waals surface area (Å²) in [4.78, 5) is 21.0. The summed E-state index contributed by atoms with van der Waals surface area (Å²) in [6, 6.07) is 3.91. The lowest BCUT2D eigenvalue weighted by molar-refractivity contribution is -0.385. The highest BCUT2D eigenvalue weighted by Crippen LogP contribution is 2.25. The van der Waals surface area contributed by atoms with Crippen LogP contribution in [0.5, 0.6) is 0 Å². The lowest BCUT2D eigenvalue weighted by Gasteiger charge is -2.02. The van der Waals surface area contributed by atoms with Crippen LogP contribution in [0.2, 0.25) is 0 Å². The van der Waals surface area contributed by atoms with Gasteiger partial charge in [-0.2, -0.15) is 5.26 Å². The topological polar surface area (TPSA) is 110 Å². The first kappa shape index (κ1) is 10.7. The van der Waals surface area contributed by atoms with Crippen molar-refractivity contribution in [3.63, 3.8) is 0 Å². The summed E-state index contributed by atoms with van der Waals surface area (Å²) in [6.45, 7) is 1.19. The minimum atomic E-state index is -0.700. The molecular weight excluding hydrogens is 198 g/mol. The van der Waals surface area contributed by atoms with Crippen LogP contribution in [-0.2, 0) is 0 Å². The molecule has 0 saturated heterocycles. The second kappa shape index (κ2) is 3.75. The molecule has 6 heteroatoms. The molecule has 0 atom stereocenters. The van der Waals surface area contributed by atoms with Gasteiger partial charge in [0.25, 0.3) is 5.69 Å². The minimum Gasteiger partial charge on any atom is -0.397 e. The molecule has 0 spiro atoms. The van der Waals surface area contributed by atoms with Crippen molar-refractivity contribution in [3.05, 3.63) is 33.4 Å². The molecule has 0 aliphatic heterocycles. The zero-order chi connectivity index (χ0) is 11.6. The normalized spacial score (nSPS) is 9.33. The molecule has 0 unspecified atom stereocenters. The molecule has 0 amide bonds. The number of anilines is 1. The Balaban J connectivity index is 3.54. The van der Waals surface area contributed by atoms with Gasteiger partial charge in [-0.3, -0.25) is 14.9 Å². The summed E-state index contributed by atoms with van der Waals surface area (Å²) in [5.74, 6) is -0.474. The number of nitriles is 1. The number of nitrogen functional groups attached to an aromatic ring is 1. The van der Waals surface area contributed by atoms with E-state index in [1.165, 1.54) is 6.92 Å². The Kier molecular flexibility index (Phi) is 2.67. The van der Waals surface area contributed by atoms with Crippen molar-refractivity contribution in [3.8, 4) is 6.07 Å². The lowest BCUT2D eigenvalue weighted by atomic mass is 10.0. The van der Waals surface area contributed by atoms with Gasteiger partial charge >= 0.3 is 0 Å². The van der Waals surface area contributed by atoms with E-state index in [0.29, 0.717) is 0 Å². The second-order valence-electron chi connectivity index (χ2n) is 2.88. The number of benzene rings is 1. The predicted octanol–water partition coefficient (Wildman–Crippen LogP) is 1.25. The molecule has 0 aromatic heterocycles. The van der Waals surface area contributed by atoms with Crippen LogP contribution in [-0.4, -0.2) is 10.7 Å². The Morgan fingerprint density at radius 3 is 2.60 bits per heavy atom. The minimum absolute atomic E-state index is 0.00537. The molecule has 1 aromatic carbocycles. The molecule has 0 aliphatic rings. The van der Waals surface area contributed by atoms with Gasteiger partial charge in [0, 0.05) is 6.07 Å². The molecule has 0 heterocycles. The molecule has 1 rings (SSSR count). The quantitative estimate of drug-likeness (QED) is 0.338. The fourth-order valence-electron chi connectivity index (χ4n) is 1.13. The Bertz CT molecular complexity index is 488. The van der Waals surface area contributed by atoms with Gasteiger partial charge in [-0.25, -0.2) is 0 Å². The zero-order valence-corrected chi connectivity index (χ0v) is 7.85. The fourth-order valence-corrected chi connectivity index (χ4v) is 1.13. The third kappa shape index (κ3) is 1.91. The summed E-state index contributed by atoms with van der Waals surface area (Å²) in [5.41, 5.74) is 4.97. The number of hydrogen-bond donors (Lipinski definition) is 1. The standard InChI is InChI=1S/C9H7N3O3/c1-5(13)7-2-6(4-10)8(11)3-9(7)12(14)15/h2-3H,11H2,1H3. The maximum atomic E-state index is 11.1. The van der Waals surface area contributed by atoms with E-state index in [2.05, 4.69) is 0 Å². The number of Topliss-reactive ketones (excluding diaryl/α,β-unsaturated/α-hetero) is 1. The number of nitro groups is 1. The van der Waals surface area contributed by atoms with Crippen LogP contribution in [0, 0.1) is 21.4 Å². The number of ketones is 1. The molecule has 0 bridgehead atoms. The molecule has 76 valence electrons. The second-order valence-corrected chi connectivity index (χ2v) is 2.88. The van der Waals surface area contributed by atoms with Crippen LogP contribution in [0.4, 0.5) is 11.4 Å². The third-order valence-corrected chi connectivity index (χ3v) is 1.86. The van der Waals surface area contributed by atoms with Crippen molar-refractivity contribution in [1.29, 1.82) is 5.26 Å². The zero-order valence-electron chi connectivity index (χ0n) is 7.85. The summed E-state index contributed by atoms with van der Waals surface area (Å²) in [7, 11) is 0. The van der Waals surface area contributed by atoms with Crippen molar-refractivity contribution in [2.45, 2.75) is 6.92 Å². The highest BCUT2D eigenvalue weighted by molar-refractivity contribution is 5.99. The van der Waals surface area contributed by atoms with E-state index in [4.69, 9.17) is 11.0 Å². The first-order valence-corrected chi connectivity index (χ1v) is 3.96. The molecule has 0 fully saturated rings. The molecule has 2 N–H and O–H groups in total. The van der Waals surface area contributed by atoms with E-state index in [1.54, 1.807) is 6.07 Å².